The van der Waals surface area contributed by atoms with E-state index in [9.17, 15) is 18.4 Å². The average Bonchev–Trinajstić information content (AvgIpc) is 3.13. The Balaban J connectivity index is 1.63. The molecule has 2 aromatic carbocycles. The van der Waals surface area contributed by atoms with Gasteiger partial charge in [0, 0.05) is 16.3 Å². The summed E-state index contributed by atoms with van der Waals surface area (Å²) in [4.78, 5) is 28.6. The molecule has 27 heavy (non-hydrogen) atoms. The molecule has 0 aliphatic rings. The van der Waals surface area contributed by atoms with E-state index in [1.54, 1.807) is 29.6 Å². The highest BCUT2D eigenvalue weighted by molar-refractivity contribution is 7.14. The lowest BCUT2D eigenvalue weighted by molar-refractivity contribution is 0.102. The summed E-state index contributed by atoms with van der Waals surface area (Å²) in [7, 11) is 0. The number of thiazole rings is 1. The van der Waals surface area contributed by atoms with E-state index in [1.807, 2.05) is 0 Å². The van der Waals surface area contributed by atoms with Crippen LogP contribution in [0.15, 0.2) is 52.6 Å². The van der Waals surface area contributed by atoms with Gasteiger partial charge in [0.2, 0.25) is 0 Å². The Hall–Kier alpha value is -3.46. The largest absolute Gasteiger partial charge is 0.296 e. The van der Waals surface area contributed by atoms with Crippen molar-refractivity contribution < 1.29 is 13.6 Å². The van der Waals surface area contributed by atoms with Crippen LogP contribution in [0.5, 0.6) is 0 Å². The van der Waals surface area contributed by atoms with Gasteiger partial charge in [-0.2, -0.15) is 5.10 Å². The van der Waals surface area contributed by atoms with Crippen molar-refractivity contribution in [2.24, 2.45) is 0 Å². The molecule has 0 fully saturated rings. The number of nitrogens with one attached hydrogen (secondary N) is 2. The highest BCUT2D eigenvalue weighted by Crippen LogP contribution is 2.26. The zero-order valence-electron chi connectivity index (χ0n) is 13.5. The first kappa shape index (κ1) is 17.0. The Kier molecular flexibility index (Phi) is 4.21. The maximum Gasteiger partial charge on any atom is 0.278 e. The van der Waals surface area contributed by atoms with Crippen molar-refractivity contribution in [1.29, 1.82) is 0 Å². The number of nitrogens with zero attached hydrogens (tertiary/aromatic N) is 2. The molecule has 0 spiro atoms. The summed E-state index contributed by atoms with van der Waals surface area (Å²) in [5, 5.41) is 11.4. The second kappa shape index (κ2) is 6.69. The van der Waals surface area contributed by atoms with Gasteiger partial charge in [-0.25, -0.2) is 18.9 Å². The summed E-state index contributed by atoms with van der Waals surface area (Å²) in [5.41, 5.74) is 0.443. The Labute approximate surface area is 154 Å². The van der Waals surface area contributed by atoms with Gasteiger partial charge in [-0.05, 0) is 24.3 Å². The first-order valence-electron chi connectivity index (χ1n) is 7.72. The quantitative estimate of drug-likeness (QED) is 0.565. The number of carbonyl (C=O) groups excluding carboxylic acids is 1. The van der Waals surface area contributed by atoms with Crippen molar-refractivity contribution in [3.63, 3.8) is 0 Å². The smallest absolute Gasteiger partial charge is 0.278 e. The van der Waals surface area contributed by atoms with Crippen molar-refractivity contribution in [3.8, 4) is 11.3 Å². The SMILES string of the molecule is O=C(Nc1nc(-c2ccc(F)c(F)c2)cs1)c1n[nH]c(=O)c2ccccc12. The van der Waals surface area contributed by atoms with Crippen molar-refractivity contribution >= 4 is 33.1 Å². The lowest BCUT2D eigenvalue weighted by atomic mass is 10.1. The normalized spacial score (nSPS) is 10.9. The van der Waals surface area contributed by atoms with E-state index in [-0.39, 0.29) is 10.8 Å². The molecule has 1 amide bonds. The number of anilines is 1. The van der Waals surface area contributed by atoms with Crippen molar-refractivity contribution in [2.75, 3.05) is 5.32 Å². The highest BCUT2D eigenvalue weighted by Gasteiger charge is 2.16. The average molecular weight is 384 g/mol. The third-order valence-corrected chi connectivity index (χ3v) is 4.61. The van der Waals surface area contributed by atoms with Gasteiger partial charge in [-0.1, -0.05) is 18.2 Å². The number of aromatic amines is 1. The molecule has 0 saturated carbocycles. The van der Waals surface area contributed by atoms with Gasteiger partial charge in [0.05, 0.1) is 11.1 Å². The van der Waals surface area contributed by atoms with Gasteiger partial charge in [0.25, 0.3) is 11.5 Å². The zero-order chi connectivity index (χ0) is 19.0. The molecule has 0 unspecified atom stereocenters. The van der Waals surface area contributed by atoms with Gasteiger partial charge < -0.3 is 0 Å². The molecule has 0 bridgehead atoms. The predicted molar refractivity (Wildman–Crippen MR) is 97.8 cm³/mol. The minimum atomic E-state index is -0.977. The molecule has 4 aromatic rings. The minimum absolute atomic E-state index is 0.0507. The van der Waals surface area contributed by atoms with Crippen LogP contribution in [0.1, 0.15) is 10.5 Å². The number of H-pyrrole nitrogens is 1. The summed E-state index contributed by atoms with van der Waals surface area (Å²) >= 11 is 1.13. The molecule has 2 heterocycles. The van der Waals surface area contributed by atoms with E-state index in [0.29, 0.717) is 22.0 Å². The molecule has 0 radical (unpaired) electrons. The molecule has 0 saturated heterocycles. The Morgan fingerprint density at radius 3 is 2.63 bits per heavy atom. The van der Waals surface area contributed by atoms with Crippen molar-refractivity contribution in [1.82, 2.24) is 15.2 Å². The van der Waals surface area contributed by atoms with Gasteiger partial charge in [0.1, 0.15) is 0 Å². The topological polar surface area (TPSA) is 87.7 Å². The molecule has 2 aromatic heterocycles. The second-order valence-electron chi connectivity index (χ2n) is 5.57. The van der Waals surface area contributed by atoms with E-state index < -0.39 is 23.1 Å². The van der Waals surface area contributed by atoms with E-state index in [1.165, 1.54) is 6.07 Å². The second-order valence-corrected chi connectivity index (χ2v) is 6.43. The van der Waals surface area contributed by atoms with Crippen LogP contribution in [0.3, 0.4) is 0 Å². The Bertz CT molecular complexity index is 1240. The molecule has 6 nitrogen and oxygen atoms in total. The standard InChI is InChI=1S/C18H10F2N4O2S/c19-12-6-5-9(7-13(12)20)14-8-27-18(21-14)22-17(26)15-10-3-1-2-4-11(10)16(25)24-23-15/h1-8H,(H,24,25)(H,21,22,26). The van der Waals surface area contributed by atoms with Crippen LogP contribution in [0, 0.1) is 11.6 Å². The van der Waals surface area contributed by atoms with E-state index in [2.05, 4.69) is 20.5 Å². The number of aromatic nitrogens is 3. The summed E-state index contributed by atoms with van der Waals surface area (Å²) < 4.78 is 26.4. The summed E-state index contributed by atoms with van der Waals surface area (Å²) in [6, 6.07) is 10.1. The summed E-state index contributed by atoms with van der Waals surface area (Å²) in [5.74, 6) is -2.47. The first-order chi connectivity index (χ1) is 13.0. The summed E-state index contributed by atoms with van der Waals surface area (Å²) in [6.07, 6.45) is 0. The third kappa shape index (κ3) is 3.20. The Morgan fingerprint density at radius 2 is 1.85 bits per heavy atom. The van der Waals surface area contributed by atoms with Crippen LogP contribution in [0.25, 0.3) is 22.0 Å². The van der Waals surface area contributed by atoms with Crippen LogP contribution < -0.4 is 10.9 Å². The number of halogens is 2. The first-order valence-corrected chi connectivity index (χ1v) is 8.60. The van der Waals surface area contributed by atoms with Crippen molar-refractivity contribution in [3.05, 3.63) is 75.5 Å². The van der Waals surface area contributed by atoms with Crippen LogP contribution >= 0.6 is 11.3 Å². The fourth-order valence-electron chi connectivity index (χ4n) is 2.56. The maximum absolute atomic E-state index is 13.4. The van der Waals surface area contributed by atoms with E-state index in [4.69, 9.17) is 0 Å². The number of hydrogen-bond acceptors (Lipinski definition) is 5. The number of benzene rings is 2. The fraction of sp³-hybridized carbons (Fsp3) is 0. The van der Waals surface area contributed by atoms with Crippen LogP contribution in [0.2, 0.25) is 0 Å². The molecule has 134 valence electrons. The highest BCUT2D eigenvalue weighted by atomic mass is 32.1. The third-order valence-electron chi connectivity index (χ3n) is 3.85. The van der Waals surface area contributed by atoms with Gasteiger partial charge >= 0.3 is 0 Å². The fourth-order valence-corrected chi connectivity index (χ4v) is 3.28. The maximum atomic E-state index is 13.4. The molecule has 0 aliphatic heterocycles. The molecule has 9 heteroatoms. The number of amides is 1. The van der Waals surface area contributed by atoms with Gasteiger partial charge in [-0.3, -0.25) is 14.9 Å². The lowest BCUT2D eigenvalue weighted by Gasteiger charge is -2.04. The van der Waals surface area contributed by atoms with Gasteiger partial charge in [0.15, 0.2) is 22.5 Å². The molecular formula is C18H10F2N4O2S. The number of fused-ring (bicyclic) bond motifs is 1. The molecule has 4 rings (SSSR count). The van der Waals surface area contributed by atoms with Crippen molar-refractivity contribution in [2.45, 2.75) is 0 Å². The van der Waals surface area contributed by atoms with Crippen LogP contribution in [0.4, 0.5) is 13.9 Å². The van der Waals surface area contributed by atoms with Gasteiger partial charge in [-0.15, -0.1) is 11.3 Å². The summed E-state index contributed by atoms with van der Waals surface area (Å²) in [6.45, 7) is 0. The van der Waals surface area contributed by atoms with E-state index in [0.717, 1.165) is 23.5 Å². The molecular weight excluding hydrogens is 374 g/mol. The zero-order valence-corrected chi connectivity index (χ0v) is 14.3. The predicted octanol–water partition coefficient (Wildman–Crippen LogP) is 3.58. The molecule has 0 atom stereocenters. The van der Waals surface area contributed by atoms with Crippen LogP contribution in [-0.2, 0) is 0 Å². The number of hydrogen-bond donors (Lipinski definition) is 2. The molecule has 2 N–H and O–H groups in total. The Morgan fingerprint density at radius 1 is 1.07 bits per heavy atom. The monoisotopic (exact) mass is 384 g/mol. The number of carbonyl (C=O) groups is 1. The van der Waals surface area contributed by atoms with E-state index >= 15 is 0 Å². The minimum Gasteiger partial charge on any atom is -0.296 e. The molecule has 0 aliphatic carbocycles. The number of rotatable bonds is 3. The van der Waals surface area contributed by atoms with Crippen LogP contribution in [-0.4, -0.2) is 21.1 Å². The lowest BCUT2D eigenvalue weighted by Crippen LogP contribution is -2.19.